The average molecular weight is 337 g/mol. The van der Waals surface area contributed by atoms with E-state index < -0.39 is 0 Å². The van der Waals surface area contributed by atoms with E-state index in [-0.39, 0.29) is 5.41 Å². The Balaban J connectivity index is 2.47. The van der Waals surface area contributed by atoms with E-state index in [1.165, 1.54) is 25.7 Å². The van der Waals surface area contributed by atoms with Gasteiger partial charge >= 0.3 is 0 Å². The second-order valence-corrected chi connectivity index (χ2v) is 7.04. The summed E-state index contributed by atoms with van der Waals surface area (Å²) in [5.41, 5.74) is 0.251. The van der Waals surface area contributed by atoms with Crippen molar-refractivity contribution in [1.82, 2.24) is 25.4 Å². The lowest BCUT2D eigenvalue weighted by molar-refractivity contribution is 0.332. The van der Waals surface area contributed by atoms with Gasteiger partial charge in [0.15, 0.2) is 5.96 Å². The predicted molar refractivity (Wildman–Crippen MR) is 101 cm³/mol. The number of hydrogen-bond acceptors (Lipinski definition) is 3. The molecule has 0 amide bonds. The van der Waals surface area contributed by atoms with Gasteiger partial charge in [0.1, 0.15) is 12.2 Å². The van der Waals surface area contributed by atoms with Crippen molar-refractivity contribution < 1.29 is 0 Å². The summed E-state index contributed by atoms with van der Waals surface area (Å²) < 4.78 is 2.09. The van der Waals surface area contributed by atoms with E-state index in [0.717, 1.165) is 44.4 Å². The summed E-state index contributed by atoms with van der Waals surface area (Å²) in [6, 6.07) is 0. The molecule has 0 aliphatic rings. The predicted octanol–water partition coefficient (Wildman–Crippen LogP) is 3.00. The monoisotopic (exact) mass is 336 g/mol. The third-order valence-corrected chi connectivity index (χ3v) is 4.12. The van der Waals surface area contributed by atoms with E-state index in [0.29, 0.717) is 0 Å². The molecule has 0 saturated carbocycles. The number of guanidine groups is 1. The second kappa shape index (κ2) is 11.0. The van der Waals surface area contributed by atoms with Crippen LogP contribution in [0.25, 0.3) is 0 Å². The summed E-state index contributed by atoms with van der Waals surface area (Å²) >= 11 is 0. The van der Waals surface area contributed by atoms with Gasteiger partial charge in [0.05, 0.1) is 0 Å². The number of aliphatic imine (C=N–C) groups is 1. The van der Waals surface area contributed by atoms with Gasteiger partial charge in [0, 0.05) is 32.6 Å². The lowest BCUT2D eigenvalue weighted by Gasteiger charge is -2.23. The van der Waals surface area contributed by atoms with Crippen LogP contribution in [0.4, 0.5) is 0 Å². The van der Waals surface area contributed by atoms with Crippen molar-refractivity contribution in [3.63, 3.8) is 0 Å². The van der Waals surface area contributed by atoms with Crippen molar-refractivity contribution in [2.75, 3.05) is 19.6 Å². The third-order valence-electron chi connectivity index (χ3n) is 4.12. The number of nitrogens with one attached hydrogen (secondary N) is 2. The Hall–Kier alpha value is -1.59. The van der Waals surface area contributed by atoms with Crippen LogP contribution in [0, 0.1) is 5.41 Å². The van der Waals surface area contributed by atoms with Gasteiger partial charge < -0.3 is 15.2 Å². The van der Waals surface area contributed by atoms with Crippen LogP contribution < -0.4 is 10.6 Å². The maximum Gasteiger partial charge on any atom is 0.191 e. The quantitative estimate of drug-likeness (QED) is 0.370. The number of hydrogen-bond donors (Lipinski definition) is 2. The molecule has 0 aliphatic carbocycles. The van der Waals surface area contributed by atoms with E-state index >= 15 is 0 Å². The average Bonchev–Trinajstić information content (AvgIpc) is 3.00. The minimum absolute atomic E-state index is 0.251. The zero-order valence-corrected chi connectivity index (χ0v) is 16.2. The number of aryl methyl sites for hydroxylation is 1. The Morgan fingerprint density at radius 1 is 1.21 bits per heavy atom. The fourth-order valence-corrected chi connectivity index (χ4v) is 2.60. The standard InChI is InChI=1S/C18H36N6/c1-6-9-10-11-18(4,5)14-21-17(19-8-3)20-12-13-24-15-22-23-16(24)7-2/h15H,6-14H2,1-5H3,(H2,19,20,21). The van der Waals surface area contributed by atoms with Gasteiger partial charge in [0.2, 0.25) is 0 Å². The molecular formula is C18H36N6. The highest BCUT2D eigenvalue weighted by Crippen LogP contribution is 2.23. The first kappa shape index (κ1) is 20.5. The van der Waals surface area contributed by atoms with Crippen LogP contribution >= 0.6 is 0 Å². The molecule has 0 aliphatic heterocycles. The van der Waals surface area contributed by atoms with E-state index in [1.54, 1.807) is 6.33 Å². The van der Waals surface area contributed by atoms with Crippen molar-refractivity contribution >= 4 is 5.96 Å². The van der Waals surface area contributed by atoms with Crippen LogP contribution in [0.5, 0.6) is 0 Å². The van der Waals surface area contributed by atoms with Gasteiger partial charge in [0.25, 0.3) is 0 Å². The molecule has 0 spiro atoms. The van der Waals surface area contributed by atoms with Crippen LogP contribution in [0.1, 0.15) is 66.1 Å². The van der Waals surface area contributed by atoms with Crippen LogP contribution in [0.15, 0.2) is 11.3 Å². The van der Waals surface area contributed by atoms with Crippen molar-refractivity contribution in [2.24, 2.45) is 10.4 Å². The van der Waals surface area contributed by atoms with Crippen LogP contribution in [0.2, 0.25) is 0 Å². The maximum atomic E-state index is 4.78. The van der Waals surface area contributed by atoms with Crippen molar-refractivity contribution in [1.29, 1.82) is 0 Å². The first-order chi connectivity index (χ1) is 11.5. The van der Waals surface area contributed by atoms with Crippen molar-refractivity contribution in [3.05, 3.63) is 12.2 Å². The normalized spacial score (nSPS) is 12.5. The first-order valence-corrected chi connectivity index (χ1v) is 9.41. The molecule has 2 N–H and O–H groups in total. The lowest BCUT2D eigenvalue weighted by Crippen LogP contribution is -2.39. The van der Waals surface area contributed by atoms with Gasteiger partial charge in [-0.05, 0) is 18.8 Å². The third kappa shape index (κ3) is 7.79. The smallest absolute Gasteiger partial charge is 0.191 e. The number of aromatic nitrogens is 3. The van der Waals surface area contributed by atoms with Gasteiger partial charge in [-0.1, -0.05) is 47.0 Å². The molecule has 0 aromatic carbocycles. The van der Waals surface area contributed by atoms with Crippen LogP contribution in [-0.4, -0.2) is 40.4 Å². The van der Waals surface area contributed by atoms with E-state index in [4.69, 9.17) is 4.99 Å². The van der Waals surface area contributed by atoms with Crippen molar-refractivity contribution in [3.8, 4) is 0 Å². The Morgan fingerprint density at radius 3 is 2.67 bits per heavy atom. The summed E-state index contributed by atoms with van der Waals surface area (Å²) in [6.07, 6.45) is 7.79. The first-order valence-electron chi connectivity index (χ1n) is 9.41. The molecule has 138 valence electrons. The topological polar surface area (TPSA) is 67.1 Å². The van der Waals surface area contributed by atoms with E-state index in [2.05, 4.69) is 60.0 Å². The van der Waals surface area contributed by atoms with Gasteiger partial charge in [-0.2, -0.15) is 0 Å². The molecule has 1 aromatic heterocycles. The molecule has 0 atom stereocenters. The molecule has 0 saturated heterocycles. The number of unbranched alkanes of at least 4 members (excludes halogenated alkanes) is 2. The summed E-state index contributed by atoms with van der Waals surface area (Å²) in [7, 11) is 0. The molecular weight excluding hydrogens is 300 g/mol. The molecule has 6 nitrogen and oxygen atoms in total. The molecule has 0 radical (unpaired) electrons. The molecule has 1 heterocycles. The van der Waals surface area contributed by atoms with Crippen molar-refractivity contribution in [2.45, 2.75) is 73.3 Å². The number of nitrogens with zero attached hydrogens (tertiary/aromatic N) is 4. The van der Waals surface area contributed by atoms with E-state index in [1.807, 2.05) is 0 Å². The maximum absolute atomic E-state index is 4.78. The van der Waals surface area contributed by atoms with Gasteiger partial charge in [-0.15, -0.1) is 10.2 Å². The van der Waals surface area contributed by atoms with Gasteiger partial charge in [-0.3, -0.25) is 4.99 Å². The highest BCUT2D eigenvalue weighted by atomic mass is 15.3. The fourth-order valence-electron chi connectivity index (χ4n) is 2.60. The second-order valence-electron chi connectivity index (χ2n) is 7.04. The zero-order valence-electron chi connectivity index (χ0n) is 16.2. The minimum atomic E-state index is 0.251. The Bertz CT molecular complexity index is 478. The summed E-state index contributed by atoms with van der Waals surface area (Å²) in [4.78, 5) is 4.78. The minimum Gasteiger partial charge on any atom is -0.357 e. The lowest BCUT2D eigenvalue weighted by atomic mass is 9.87. The Kier molecular flexibility index (Phi) is 9.42. The Morgan fingerprint density at radius 2 is 2.00 bits per heavy atom. The van der Waals surface area contributed by atoms with Gasteiger partial charge in [-0.25, -0.2) is 0 Å². The zero-order chi connectivity index (χ0) is 17.8. The van der Waals surface area contributed by atoms with Crippen LogP contribution in [0.3, 0.4) is 0 Å². The van der Waals surface area contributed by atoms with Crippen LogP contribution in [-0.2, 0) is 13.0 Å². The van der Waals surface area contributed by atoms with E-state index in [9.17, 15) is 0 Å². The molecule has 6 heteroatoms. The molecule has 1 aromatic rings. The highest BCUT2D eigenvalue weighted by Gasteiger charge is 2.17. The summed E-state index contributed by atoms with van der Waals surface area (Å²) in [5.74, 6) is 1.92. The fraction of sp³-hybridized carbons (Fsp3) is 0.833. The molecule has 0 unspecified atom stereocenters. The Labute approximate surface area is 147 Å². The molecule has 0 bridgehead atoms. The highest BCUT2D eigenvalue weighted by molar-refractivity contribution is 5.79. The number of rotatable bonds is 11. The SMILES string of the molecule is CCCCCC(C)(C)CN=C(NCC)NCCn1cnnc1CC. The molecule has 1 rings (SSSR count). The summed E-state index contributed by atoms with van der Waals surface area (Å²) in [5, 5.41) is 14.8. The largest absolute Gasteiger partial charge is 0.357 e. The molecule has 24 heavy (non-hydrogen) atoms. The molecule has 0 fully saturated rings. The summed E-state index contributed by atoms with van der Waals surface area (Å²) in [6.45, 7) is 14.4.